The molecule has 4 aromatic rings. The van der Waals surface area contributed by atoms with E-state index in [0.29, 0.717) is 39.1 Å². The SMILES string of the molecule is CC[C@@]1(O)C(=O)OCc2c1cc1n(c2=O)Cc2cc3c(NC(=O)OCc4ccc(O[C@@H]5O[C@H](C(=O)OC)[C@@H](O)[C@H](O)[C@H]5O)cc4)cccc3nc2-1. The van der Waals surface area contributed by atoms with E-state index in [-0.39, 0.29) is 48.6 Å². The number of fused-ring (bicyclic) bond motifs is 5. The van der Waals surface area contributed by atoms with Crippen molar-refractivity contribution in [2.75, 3.05) is 12.4 Å². The van der Waals surface area contributed by atoms with Crippen LogP contribution in [0, 0.1) is 0 Å². The van der Waals surface area contributed by atoms with Crippen molar-refractivity contribution in [3.05, 3.63) is 87.2 Å². The van der Waals surface area contributed by atoms with Crippen molar-refractivity contribution in [1.82, 2.24) is 9.55 Å². The maximum atomic E-state index is 13.5. The Labute approximate surface area is 288 Å². The van der Waals surface area contributed by atoms with Gasteiger partial charge in [0.15, 0.2) is 11.7 Å². The molecular weight excluding hydrogens is 670 g/mol. The molecule has 0 radical (unpaired) electrons. The maximum Gasteiger partial charge on any atom is 0.411 e. The van der Waals surface area contributed by atoms with Crippen LogP contribution in [0.1, 0.15) is 35.6 Å². The third kappa shape index (κ3) is 5.86. The normalized spacial score (nSPS) is 24.9. The minimum Gasteiger partial charge on any atom is -0.467 e. The van der Waals surface area contributed by atoms with Crippen LogP contribution in [-0.4, -0.2) is 85.8 Å². The Bertz CT molecular complexity index is 2120. The Morgan fingerprint density at radius 3 is 2.55 bits per heavy atom. The molecule has 0 aliphatic carbocycles. The van der Waals surface area contributed by atoms with Crippen molar-refractivity contribution >= 4 is 34.6 Å². The minimum absolute atomic E-state index is 0.0315. The molecule has 1 fully saturated rings. The summed E-state index contributed by atoms with van der Waals surface area (Å²) in [6.45, 7) is 1.47. The van der Waals surface area contributed by atoms with Crippen LogP contribution in [0.15, 0.2) is 59.4 Å². The Balaban J connectivity index is 1.03. The highest BCUT2D eigenvalue weighted by Gasteiger charge is 2.49. The smallest absolute Gasteiger partial charge is 0.411 e. The monoisotopic (exact) mass is 703 g/mol. The second kappa shape index (κ2) is 13.1. The Morgan fingerprint density at radius 1 is 1.06 bits per heavy atom. The van der Waals surface area contributed by atoms with Crippen LogP contribution in [0.2, 0.25) is 0 Å². The molecule has 16 heteroatoms. The zero-order chi connectivity index (χ0) is 36.2. The molecule has 1 amide bonds. The van der Waals surface area contributed by atoms with Gasteiger partial charge in [-0.25, -0.2) is 19.4 Å². The van der Waals surface area contributed by atoms with E-state index in [2.05, 4.69) is 10.1 Å². The highest BCUT2D eigenvalue weighted by molar-refractivity contribution is 6.00. The van der Waals surface area contributed by atoms with Gasteiger partial charge in [0.2, 0.25) is 6.29 Å². The average molecular weight is 704 g/mol. The highest BCUT2D eigenvalue weighted by atomic mass is 16.7. The number of cyclic esters (lactones) is 1. The summed E-state index contributed by atoms with van der Waals surface area (Å²) in [5, 5.41) is 44.9. The first-order valence-electron chi connectivity index (χ1n) is 16.0. The summed E-state index contributed by atoms with van der Waals surface area (Å²) < 4.78 is 27.6. The predicted molar refractivity (Wildman–Crippen MR) is 174 cm³/mol. The number of methoxy groups -OCH3 is 1. The van der Waals surface area contributed by atoms with Gasteiger partial charge in [0.25, 0.3) is 5.56 Å². The number of benzene rings is 2. The van der Waals surface area contributed by atoms with Crippen LogP contribution < -0.4 is 15.6 Å². The number of aliphatic hydroxyl groups excluding tert-OH is 3. The first-order chi connectivity index (χ1) is 24.4. The van der Waals surface area contributed by atoms with E-state index >= 15 is 0 Å². The molecule has 51 heavy (non-hydrogen) atoms. The fourth-order valence-electron chi connectivity index (χ4n) is 6.46. The number of hydrogen-bond donors (Lipinski definition) is 5. The molecule has 1 saturated heterocycles. The lowest BCUT2D eigenvalue weighted by Crippen LogP contribution is -2.61. The van der Waals surface area contributed by atoms with E-state index in [4.69, 9.17) is 23.9 Å². The summed E-state index contributed by atoms with van der Waals surface area (Å²) in [7, 11) is 1.09. The maximum absolute atomic E-state index is 13.5. The summed E-state index contributed by atoms with van der Waals surface area (Å²) in [5.74, 6) is -1.55. The van der Waals surface area contributed by atoms with Crippen molar-refractivity contribution in [2.24, 2.45) is 0 Å². The van der Waals surface area contributed by atoms with Crippen LogP contribution >= 0.6 is 0 Å². The Hall–Kier alpha value is -5.39. The van der Waals surface area contributed by atoms with E-state index in [1.54, 1.807) is 43.3 Å². The summed E-state index contributed by atoms with van der Waals surface area (Å²) in [6.07, 6.45) is -8.88. The number of ether oxygens (including phenoxy) is 5. The van der Waals surface area contributed by atoms with Gasteiger partial charge in [0.1, 0.15) is 37.3 Å². The zero-order valence-electron chi connectivity index (χ0n) is 27.3. The quantitative estimate of drug-likeness (QED) is 0.119. The van der Waals surface area contributed by atoms with E-state index in [9.17, 15) is 39.6 Å². The number of aromatic nitrogens is 2. The molecule has 6 atom stereocenters. The van der Waals surface area contributed by atoms with E-state index < -0.39 is 54.3 Å². The van der Waals surface area contributed by atoms with Crippen LogP contribution in [-0.2, 0) is 53.9 Å². The molecule has 0 spiro atoms. The molecule has 0 unspecified atom stereocenters. The fraction of sp³-hybridized carbons (Fsp3) is 0.343. The van der Waals surface area contributed by atoms with Gasteiger partial charge in [-0.15, -0.1) is 0 Å². The largest absolute Gasteiger partial charge is 0.467 e. The molecular formula is C35H33N3O13. The van der Waals surface area contributed by atoms with Gasteiger partial charge in [0.05, 0.1) is 41.8 Å². The molecule has 2 aromatic heterocycles. The lowest BCUT2D eigenvalue weighted by molar-refractivity contribution is -0.271. The molecule has 5 heterocycles. The van der Waals surface area contributed by atoms with Crippen LogP contribution in [0.3, 0.4) is 0 Å². The number of anilines is 1. The van der Waals surface area contributed by atoms with Gasteiger partial charge in [-0.3, -0.25) is 10.1 Å². The number of esters is 2. The predicted octanol–water partition coefficient (Wildman–Crippen LogP) is 1.19. The van der Waals surface area contributed by atoms with Crippen molar-refractivity contribution in [1.29, 1.82) is 0 Å². The standard InChI is InChI=1S/C35H33N3O13/c1-3-35(46)21-12-24-25-17(13-38(24)30(42)20(21)15-48-33(35)44)11-19-22(36-25)5-4-6-23(19)37-34(45)49-14-16-7-9-18(10-8-16)50-32-28(41)26(39)27(40)29(51-32)31(43)47-2/h4-12,26-29,32,39-41,46H,3,13-15H2,1-2H3,(H,37,45)/t26-,27-,28+,29-,32+,35-/m0/s1. The number of pyridine rings is 2. The van der Waals surface area contributed by atoms with Gasteiger partial charge in [-0.05, 0) is 48.4 Å². The van der Waals surface area contributed by atoms with Gasteiger partial charge >= 0.3 is 18.0 Å². The minimum atomic E-state index is -1.94. The van der Waals surface area contributed by atoms with Crippen molar-refractivity contribution in [2.45, 2.75) is 69.4 Å². The lowest BCUT2D eigenvalue weighted by atomic mass is 9.86. The number of carbonyl (C=O) groups is 3. The van der Waals surface area contributed by atoms with Crippen LogP contribution in [0.5, 0.6) is 5.75 Å². The second-order valence-electron chi connectivity index (χ2n) is 12.4. The summed E-state index contributed by atoms with van der Waals surface area (Å²) in [6, 6.07) is 14.8. The summed E-state index contributed by atoms with van der Waals surface area (Å²) >= 11 is 0. The number of rotatable bonds is 7. The molecule has 7 rings (SSSR count). The lowest BCUT2D eigenvalue weighted by Gasteiger charge is -2.38. The molecule has 3 aliphatic rings. The number of nitrogens with one attached hydrogen (secondary N) is 1. The zero-order valence-corrected chi connectivity index (χ0v) is 27.3. The molecule has 266 valence electrons. The van der Waals surface area contributed by atoms with Gasteiger partial charge in [-0.1, -0.05) is 25.1 Å². The van der Waals surface area contributed by atoms with E-state index in [1.165, 1.54) is 16.7 Å². The highest BCUT2D eigenvalue weighted by Crippen LogP contribution is 2.39. The third-order valence-corrected chi connectivity index (χ3v) is 9.34. The van der Waals surface area contributed by atoms with E-state index in [0.717, 1.165) is 7.11 Å². The molecule has 3 aliphatic heterocycles. The van der Waals surface area contributed by atoms with Gasteiger partial charge in [-0.2, -0.15) is 0 Å². The van der Waals surface area contributed by atoms with Crippen molar-refractivity contribution in [3.63, 3.8) is 0 Å². The van der Waals surface area contributed by atoms with Gasteiger partial charge in [0, 0.05) is 16.5 Å². The number of nitrogens with zero attached hydrogens (tertiary/aromatic N) is 2. The molecule has 16 nitrogen and oxygen atoms in total. The molecule has 0 bridgehead atoms. The Kier molecular flexibility index (Phi) is 8.72. The van der Waals surface area contributed by atoms with Crippen molar-refractivity contribution < 1.29 is 58.5 Å². The second-order valence-corrected chi connectivity index (χ2v) is 12.4. The van der Waals surface area contributed by atoms with Crippen LogP contribution in [0.4, 0.5) is 10.5 Å². The molecule has 0 saturated carbocycles. The molecule has 2 aromatic carbocycles. The fourth-order valence-corrected chi connectivity index (χ4v) is 6.46. The third-order valence-electron chi connectivity index (χ3n) is 9.34. The Morgan fingerprint density at radius 2 is 1.82 bits per heavy atom. The topological polar surface area (TPSA) is 225 Å². The summed E-state index contributed by atoms with van der Waals surface area (Å²) in [4.78, 5) is 55.5. The average Bonchev–Trinajstić information content (AvgIpc) is 3.50. The summed E-state index contributed by atoms with van der Waals surface area (Å²) in [5.41, 5.74) is 1.35. The first kappa shape index (κ1) is 34.1. The first-order valence-corrected chi connectivity index (χ1v) is 16.0. The number of carbonyl (C=O) groups excluding carboxylic acids is 3. The number of aliphatic hydroxyl groups is 4. The molecule has 5 N–H and O–H groups in total. The van der Waals surface area contributed by atoms with Crippen molar-refractivity contribution in [3.8, 4) is 17.1 Å². The number of amides is 1. The van der Waals surface area contributed by atoms with E-state index in [1.807, 2.05) is 6.07 Å². The number of hydrogen-bond acceptors (Lipinski definition) is 14. The van der Waals surface area contributed by atoms with Gasteiger partial charge < -0.3 is 48.7 Å². The van der Waals surface area contributed by atoms with Crippen LogP contribution in [0.25, 0.3) is 22.3 Å².